The van der Waals surface area contributed by atoms with Crippen LogP contribution in [0.25, 0.3) is 0 Å². The first-order valence-corrected chi connectivity index (χ1v) is 8.72. The number of hydrogen-bond donors (Lipinski definition) is 2. The zero-order valence-electron chi connectivity index (χ0n) is 14.3. The van der Waals surface area contributed by atoms with Crippen LogP contribution in [-0.2, 0) is 9.59 Å². The van der Waals surface area contributed by atoms with Crippen LogP contribution in [0.1, 0.15) is 36.5 Å². The van der Waals surface area contributed by atoms with Crippen LogP contribution in [0.5, 0.6) is 5.75 Å². The van der Waals surface area contributed by atoms with Crippen molar-refractivity contribution in [2.45, 2.75) is 38.3 Å². The van der Waals surface area contributed by atoms with Gasteiger partial charge in [-0.25, -0.2) is 0 Å². The van der Waals surface area contributed by atoms with Crippen molar-refractivity contribution in [1.29, 1.82) is 0 Å². The molecule has 2 aliphatic heterocycles. The number of hydrogen-bond acceptors (Lipinski definition) is 4. The summed E-state index contributed by atoms with van der Waals surface area (Å²) in [5.74, 6) is 0.0359. The average molecular weight is 345 g/mol. The van der Waals surface area contributed by atoms with E-state index in [9.17, 15) is 14.4 Å². The second-order valence-corrected chi connectivity index (χ2v) is 6.26. The summed E-state index contributed by atoms with van der Waals surface area (Å²) in [4.78, 5) is 38.6. The molecule has 0 spiro atoms. The molecule has 0 radical (unpaired) electrons. The van der Waals surface area contributed by atoms with Crippen LogP contribution in [-0.4, -0.2) is 54.4 Å². The van der Waals surface area contributed by atoms with Crippen LogP contribution in [0, 0.1) is 0 Å². The van der Waals surface area contributed by atoms with Crippen molar-refractivity contribution in [2.75, 3.05) is 19.7 Å². The number of nitrogens with zero attached hydrogens (tertiary/aromatic N) is 1. The number of carbonyl (C=O) groups excluding carboxylic acids is 3. The molecule has 3 rings (SSSR count). The van der Waals surface area contributed by atoms with Crippen LogP contribution >= 0.6 is 0 Å². The molecule has 2 heterocycles. The fourth-order valence-electron chi connectivity index (χ4n) is 3.33. The van der Waals surface area contributed by atoms with Gasteiger partial charge in [-0.3, -0.25) is 14.4 Å². The summed E-state index contributed by atoms with van der Waals surface area (Å²) >= 11 is 0. The minimum absolute atomic E-state index is 0.159. The fraction of sp³-hybridized carbons (Fsp3) is 0.500. The number of carbonyl (C=O) groups is 3. The fourth-order valence-corrected chi connectivity index (χ4v) is 3.33. The van der Waals surface area contributed by atoms with E-state index in [1.54, 1.807) is 29.2 Å². The van der Waals surface area contributed by atoms with Gasteiger partial charge in [0.2, 0.25) is 11.8 Å². The lowest BCUT2D eigenvalue weighted by Crippen LogP contribution is -2.50. The van der Waals surface area contributed by atoms with E-state index in [-0.39, 0.29) is 17.7 Å². The normalized spacial score (nSPS) is 22.6. The van der Waals surface area contributed by atoms with Crippen LogP contribution in [0.2, 0.25) is 0 Å². The smallest absolute Gasteiger partial charge is 0.254 e. The highest BCUT2D eigenvalue weighted by Gasteiger charge is 2.37. The molecule has 7 heteroatoms. The predicted octanol–water partition coefficient (Wildman–Crippen LogP) is 0.695. The van der Waals surface area contributed by atoms with Crippen molar-refractivity contribution in [3.8, 4) is 5.75 Å². The van der Waals surface area contributed by atoms with Crippen molar-refractivity contribution < 1.29 is 19.1 Å². The average Bonchev–Trinajstić information content (AvgIpc) is 3.24. The SMILES string of the molecule is CCOc1cccc(C(=O)N2CCC[C@H]2C(=O)N[C@H]2CCNC2=O)c1. The van der Waals surface area contributed by atoms with E-state index in [1.807, 2.05) is 6.92 Å². The first kappa shape index (κ1) is 17.3. The predicted molar refractivity (Wildman–Crippen MR) is 91.2 cm³/mol. The van der Waals surface area contributed by atoms with E-state index in [0.717, 1.165) is 6.42 Å². The van der Waals surface area contributed by atoms with Crippen LogP contribution in [0.15, 0.2) is 24.3 Å². The number of ether oxygens (including phenoxy) is 1. The molecule has 2 saturated heterocycles. The third-order valence-electron chi connectivity index (χ3n) is 4.57. The van der Waals surface area contributed by atoms with Crippen molar-refractivity contribution in [3.63, 3.8) is 0 Å². The molecule has 2 atom stereocenters. The van der Waals surface area contributed by atoms with Gasteiger partial charge >= 0.3 is 0 Å². The summed E-state index contributed by atoms with van der Waals surface area (Å²) in [6.07, 6.45) is 1.96. The Morgan fingerprint density at radius 1 is 1.36 bits per heavy atom. The zero-order chi connectivity index (χ0) is 17.8. The number of likely N-dealkylation sites (tertiary alicyclic amines) is 1. The largest absolute Gasteiger partial charge is 0.494 e. The highest BCUT2D eigenvalue weighted by atomic mass is 16.5. The molecule has 0 aromatic heterocycles. The molecule has 0 aliphatic carbocycles. The molecule has 2 aliphatic rings. The summed E-state index contributed by atoms with van der Waals surface area (Å²) in [5, 5.41) is 5.46. The molecular weight excluding hydrogens is 322 g/mol. The van der Waals surface area contributed by atoms with Crippen LogP contribution in [0.3, 0.4) is 0 Å². The van der Waals surface area contributed by atoms with Gasteiger partial charge in [0.1, 0.15) is 17.8 Å². The lowest BCUT2D eigenvalue weighted by molar-refractivity contribution is -0.129. The third-order valence-corrected chi connectivity index (χ3v) is 4.57. The molecule has 1 aromatic carbocycles. The molecule has 0 saturated carbocycles. The molecule has 1 aromatic rings. The minimum atomic E-state index is -0.531. The van der Waals surface area contributed by atoms with Gasteiger partial charge in [0.15, 0.2) is 0 Å². The van der Waals surface area contributed by atoms with E-state index in [2.05, 4.69) is 10.6 Å². The maximum Gasteiger partial charge on any atom is 0.254 e. The lowest BCUT2D eigenvalue weighted by atomic mass is 10.1. The molecule has 25 heavy (non-hydrogen) atoms. The Balaban J connectivity index is 1.70. The van der Waals surface area contributed by atoms with Gasteiger partial charge in [-0.15, -0.1) is 0 Å². The lowest BCUT2D eigenvalue weighted by Gasteiger charge is -2.25. The standard InChI is InChI=1S/C18H23N3O4/c1-2-25-13-6-3-5-12(11-13)18(24)21-10-4-7-15(21)17(23)20-14-8-9-19-16(14)22/h3,5-6,11,14-15H,2,4,7-10H2,1H3,(H,19,22)(H,20,23)/t14-,15-/m0/s1. The van der Waals surface area contributed by atoms with Gasteiger partial charge < -0.3 is 20.3 Å². The first-order valence-electron chi connectivity index (χ1n) is 8.72. The molecule has 2 N–H and O–H groups in total. The maximum atomic E-state index is 12.8. The maximum absolute atomic E-state index is 12.8. The van der Waals surface area contributed by atoms with Crippen LogP contribution < -0.4 is 15.4 Å². The number of amides is 3. The summed E-state index contributed by atoms with van der Waals surface area (Å²) in [5.41, 5.74) is 0.504. The summed E-state index contributed by atoms with van der Waals surface area (Å²) < 4.78 is 5.44. The van der Waals surface area contributed by atoms with Gasteiger partial charge in [0, 0.05) is 18.7 Å². The number of rotatable bonds is 5. The van der Waals surface area contributed by atoms with E-state index in [1.165, 1.54) is 0 Å². The van der Waals surface area contributed by atoms with Crippen LogP contribution in [0.4, 0.5) is 0 Å². The number of benzene rings is 1. The third kappa shape index (κ3) is 3.75. The molecule has 2 fully saturated rings. The number of nitrogens with one attached hydrogen (secondary N) is 2. The molecule has 3 amide bonds. The van der Waals surface area contributed by atoms with Gasteiger partial charge in [-0.05, 0) is 44.4 Å². The Bertz CT molecular complexity index is 676. The van der Waals surface area contributed by atoms with Gasteiger partial charge in [-0.2, -0.15) is 0 Å². The summed E-state index contributed by atoms with van der Waals surface area (Å²) in [6, 6.07) is 5.97. The van der Waals surface area contributed by atoms with E-state index in [0.29, 0.717) is 43.9 Å². The second-order valence-electron chi connectivity index (χ2n) is 6.26. The molecular formula is C18H23N3O4. The quantitative estimate of drug-likeness (QED) is 0.822. The van der Waals surface area contributed by atoms with Crippen molar-refractivity contribution in [1.82, 2.24) is 15.5 Å². The summed E-state index contributed by atoms with van der Waals surface area (Å²) in [7, 11) is 0. The Morgan fingerprint density at radius 3 is 2.92 bits per heavy atom. The van der Waals surface area contributed by atoms with E-state index in [4.69, 9.17) is 4.74 Å². The second kappa shape index (κ2) is 7.55. The van der Waals surface area contributed by atoms with Gasteiger partial charge in [0.25, 0.3) is 5.91 Å². The van der Waals surface area contributed by atoms with Gasteiger partial charge in [-0.1, -0.05) is 6.07 Å². The highest BCUT2D eigenvalue weighted by molar-refractivity contribution is 5.99. The zero-order valence-corrected chi connectivity index (χ0v) is 14.3. The summed E-state index contributed by atoms with van der Waals surface area (Å²) in [6.45, 7) is 3.51. The van der Waals surface area contributed by atoms with Crippen molar-refractivity contribution >= 4 is 17.7 Å². The monoisotopic (exact) mass is 345 g/mol. The molecule has 7 nitrogen and oxygen atoms in total. The first-order chi connectivity index (χ1) is 12.1. The Hall–Kier alpha value is -2.57. The molecule has 0 bridgehead atoms. The highest BCUT2D eigenvalue weighted by Crippen LogP contribution is 2.22. The Kier molecular flexibility index (Phi) is 5.21. The minimum Gasteiger partial charge on any atom is -0.494 e. The van der Waals surface area contributed by atoms with Gasteiger partial charge in [0.05, 0.1) is 6.61 Å². The molecule has 134 valence electrons. The van der Waals surface area contributed by atoms with E-state index < -0.39 is 12.1 Å². The Morgan fingerprint density at radius 2 is 2.20 bits per heavy atom. The Labute approximate surface area is 146 Å². The van der Waals surface area contributed by atoms with E-state index >= 15 is 0 Å². The van der Waals surface area contributed by atoms with Crippen molar-refractivity contribution in [3.05, 3.63) is 29.8 Å². The topological polar surface area (TPSA) is 87.7 Å². The molecule has 0 unspecified atom stereocenters. The van der Waals surface area contributed by atoms with Crippen molar-refractivity contribution in [2.24, 2.45) is 0 Å².